The zero-order valence-corrected chi connectivity index (χ0v) is 12.1. The zero-order valence-electron chi connectivity index (χ0n) is 12.1. The van der Waals surface area contributed by atoms with Crippen LogP contribution in [0.2, 0.25) is 0 Å². The molecule has 7 heteroatoms. The summed E-state index contributed by atoms with van der Waals surface area (Å²) in [4.78, 5) is 1.47. The molecule has 1 aliphatic rings. The smallest absolute Gasteiger partial charge is 0.379 e. The predicted octanol–water partition coefficient (Wildman–Crippen LogP) is 2.48. The van der Waals surface area contributed by atoms with Crippen LogP contribution in [0.4, 0.5) is 18.9 Å². The van der Waals surface area contributed by atoms with E-state index in [1.807, 2.05) is 25.6 Å². The van der Waals surface area contributed by atoms with E-state index in [4.69, 9.17) is 0 Å². The Morgan fingerprint density at radius 3 is 2.30 bits per heavy atom. The van der Waals surface area contributed by atoms with Crippen molar-refractivity contribution in [3.8, 4) is 0 Å². The van der Waals surface area contributed by atoms with Gasteiger partial charge < -0.3 is 5.32 Å². The average molecular weight is 290 g/mol. The largest absolute Gasteiger partial charge is 0.401 e. The molecule has 2 heterocycles. The Kier molecular flexibility index (Phi) is 4.27. The Balaban J connectivity index is 1.88. The lowest BCUT2D eigenvalue weighted by Gasteiger charge is -2.33. The SMILES string of the molecule is Cc1nn(C)c(C)c1NC1CCN(CC(F)(F)F)CC1. The number of hydrogen-bond donors (Lipinski definition) is 1. The van der Waals surface area contributed by atoms with Gasteiger partial charge in [-0.1, -0.05) is 0 Å². The van der Waals surface area contributed by atoms with Crippen molar-refractivity contribution >= 4 is 5.69 Å². The number of rotatable bonds is 3. The van der Waals surface area contributed by atoms with Gasteiger partial charge in [-0.25, -0.2) is 0 Å². The van der Waals surface area contributed by atoms with E-state index < -0.39 is 12.7 Å². The molecule has 0 spiro atoms. The van der Waals surface area contributed by atoms with E-state index in [0.717, 1.165) is 29.9 Å². The lowest BCUT2D eigenvalue weighted by atomic mass is 10.0. The van der Waals surface area contributed by atoms with Gasteiger partial charge in [0.2, 0.25) is 0 Å². The van der Waals surface area contributed by atoms with E-state index in [0.29, 0.717) is 13.1 Å². The maximum absolute atomic E-state index is 12.3. The number of anilines is 1. The molecule has 1 aromatic rings. The fraction of sp³-hybridized carbons (Fsp3) is 0.769. The Bertz CT molecular complexity index is 459. The highest BCUT2D eigenvalue weighted by Gasteiger charge is 2.32. The Morgan fingerprint density at radius 2 is 1.85 bits per heavy atom. The summed E-state index contributed by atoms with van der Waals surface area (Å²) in [6.45, 7) is 4.09. The van der Waals surface area contributed by atoms with Crippen LogP contribution >= 0.6 is 0 Å². The van der Waals surface area contributed by atoms with Gasteiger partial charge in [-0.2, -0.15) is 18.3 Å². The lowest BCUT2D eigenvalue weighted by Crippen LogP contribution is -2.43. The van der Waals surface area contributed by atoms with E-state index in [-0.39, 0.29) is 6.04 Å². The van der Waals surface area contributed by atoms with Crippen LogP contribution < -0.4 is 5.32 Å². The van der Waals surface area contributed by atoms with Crippen LogP contribution in [-0.2, 0) is 7.05 Å². The number of halogens is 3. The summed E-state index contributed by atoms with van der Waals surface area (Å²) < 4.78 is 38.8. The standard InChI is InChI=1S/C13H21F3N4/c1-9-12(10(2)19(3)18-9)17-11-4-6-20(7-5-11)8-13(14,15)16/h11,17H,4-8H2,1-3H3. The summed E-state index contributed by atoms with van der Waals surface area (Å²) in [7, 11) is 1.89. The van der Waals surface area contributed by atoms with Crippen LogP contribution in [0.1, 0.15) is 24.2 Å². The highest BCUT2D eigenvalue weighted by atomic mass is 19.4. The molecule has 1 aromatic heterocycles. The Hall–Kier alpha value is -1.24. The Labute approximate surface area is 116 Å². The van der Waals surface area contributed by atoms with Crippen molar-refractivity contribution in [3.63, 3.8) is 0 Å². The third-order valence-corrected chi connectivity index (χ3v) is 3.85. The van der Waals surface area contributed by atoms with Crippen LogP contribution in [0, 0.1) is 13.8 Å². The number of hydrogen-bond acceptors (Lipinski definition) is 3. The van der Waals surface area contributed by atoms with Gasteiger partial charge in [0.25, 0.3) is 0 Å². The first-order chi connectivity index (χ1) is 9.26. The summed E-state index contributed by atoms with van der Waals surface area (Å²) in [5, 5.41) is 7.76. The monoisotopic (exact) mass is 290 g/mol. The third kappa shape index (κ3) is 3.65. The molecule has 0 saturated carbocycles. The van der Waals surface area contributed by atoms with Gasteiger partial charge in [-0.3, -0.25) is 9.58 Å². The van der Waals surface area contributed by atoms with Crippen molar-refractivity contribution in [2.24, 2.45) is 7.05 Å². The summed E-state index contributed by atoms with van der Waals surface area (Å²) in [6.07, 6.45) is -2.65. The molecule has 20 heavy (non-hydrogen) atoms. The lowest BCUT2D eigenvalue weighted by molar-refractivity contribution is -0.147. The second-order valence-electron chi connectivity index (χ2n) is 5.48. The number of aryl methyl sites for hydroxylation is 2. The molecule has 1 aliphatic heterocycles. The highest BCUT2D eigenvalue weighted by Crippen LogP contribution is 2.24. The average Bonchev–Trinajstić information content (AvgIpc) is 2.56. The van der Waals surface area contributed by atoms with Gasteiger partial charge in [-0.05, 0) is 26.7 Å². The molecule has 2 rings (SSSR count). The van der Waals surface area contributed by atoms with Crippen molar-refractivity contribution in [3.05, 3.63) is 11.4 Å². The summed E-state index contributed by atoms with van der Waals surface area (Å²) in [5.41, 5.74) is 3.00. The molecule has 114 valence electrons. The van der Waals surface area contributed by atoms with Crippen LogP contribution in [0.5, 0.6) is 0 Å². The summed E-state index contributed by atoms with van der Waals surface area (Å²) in [5.74, 6) is 0. The molecule has 0 aliphatic carbocycles. The van der Waals surface area contributed by atoms with Crippen molar-refractivity contribution in [2.75, 3.05) is 25.0 Å². The molecule has 0 aromatic carbocycles. The molecule has 0 amide bonds. The molecule has 0 unspecified atom stereocenters. The molecule has 1 saturated heterocycles. The minimum absolute atomic E-state index is 0.223. The normalized spacial score (nSPS) is 18.5. The molecule has 0 radical (unpaired) electrons. The first kappa shape index (κ1) is 15.2. The third-order valence-electron chi connectivity index (χ3n) is 3.85. The molecule has 4 nitrogen and oxygen atoms in total. The topological polar surface area (TPSA) is 33.1 Å². The molecular weight excluding hydrogens is 269 g/mol. The fourth-order valence-corrected chi connectivity index (χ4v) is 2.68. The van der Waals surface area contributed by atoms with Crippen LogP contribution in [0.25, 0.3) is 0 Å². The second kappa shape index (κ2) is 5.63. The summed E-state index contributed by atoms with van der Waals surface area (Å²) in [6, 6.07) is 0.223. The number of piperidine rings is 1. The van der Waals surface area contributed by atoms with Gasteiger partial charge in [0.05, 0.1) is 23.6 Å². The minimum Gasteiger partial charge on any atom is -0.379 e. The molecule has 1 fully saturated rings. The van der Waals surface area contributed by atoms with E-state index in [9.17, 15) is 13.2 Å². The van der Waals surface area contributed by atoms with Crippen molar-refractivity contribution in [1.82, 2.24) is 14.7 Å². The first-order valence-corrected chi connectivity index (χ1v) is 6.82. The number of aromatic nitrogens is 2. The molecular formula is C13H21F3N4. The fourth-order valence-electron chi connectivity index (χ4n) is 2.68. The number of likely N-dealkylation sites (tertiary alicyclic amines) is 1. The van der Waals surface area contributed by atoms with Crippen molar-refractivity contribution in [1.29, 1.82) is 0 Å². The highest BCUT2D eigenvalue weighted by molar-refractivity contribution is 5.52. The van der Waals surface area contributed by atoms with E-state index in [1.54, 1.807) is 0 Å². The Morgan fingerprint density at radius 1 is 1.25 bits per heavy atom. The molecule has 0 bridgehead atoms. The van der Waals surface area contributed by atoms with Crippen LogP contribution in [0.3, 0.4) is 0 Å². The van der Waals surface area contributed by atoms with Crippen molar-refractivity contribution < 1.29 is 13.2 Å². The van der Waals surface area contributed by atoms with Gasteiger partial charge in [-0.15, -0.1) is 0 Å². The minimum atomic E-state index is -4.10. The first-order valence-electron chi connectivity index (χ1n) is 6.82. The molecule has 0 atom stereocenters. The quantitative estimate of drug-likeness (QED) is 0.928. The van der Waals surface area contributed by atoms with E-state index in [1.165, 1.54) is 4.90 Å². The van der Waals surface area contributed by atoms with Crippen molar-refractivity contribution in [2.45, 2.75) is 38.9 Å². The van der Waals surface area contributed by atoms with E-state index >= 15 is 0 Å². The van der Waals surface area contributed by atoms with Crippen LogP contribution in [-0.4, -0.2) is 46.5 Å². The van der Waals surface area contributed by atoms with Gasteiger partial charge in [0.1, 0.15) is 0 Å². The van der Waals surface area contributed by atoms with Crippen LogP contribution in [0.15, 0.2) is 0 Å². The molecule has 1 N–H and O–H groups in total. The number of alkyl halides is 3. The maximum Gasteiger partial charge on any atom is 0.401 e. The summed E-state index contributed by atoms with van der Waals surface area (Å²) >= 11 is 0. The maximum atomic E-state index is 12.3. The van der Waals surface area contributed by atoms with Gasteiger partial charge in [0, 0.05) is 26.2 Å². The number of nitrogens with one attached hydrogen (secondary N) is 1. The zero-order chi connectivity index (χ0) is 14.9. The van der Waals surface area contributed by atoms with Gasteiger partial charge in [0.15, 0.2) is 0 Å². The predicted molar refractivity (Wildman–Crippen MR) is 71.8 cm³/mol. The second-order valence-corrected chi connectivity index (χ2v) is 5.48. The van der Waals surface area contributed by atoms with E-state index in [2.05, 4.69) is 10.4 Å². The van der Waals surface area contributed by atoms with Gasteiger partial charge >= 0.3 is 6.18 Å². The number of nitrogens with zero attached hydrogens (tertiary/aromatic N) is 3.